The highest BCUT2D eigenvalue weighted by Crippen LogP contribution is 2.10. The summed E-state index contributed by atoms with van der Waals surface area (Å²) in [6.07, 6.45) is 0.873. The smallest absolute Gasteiger partial charge is 0.347 e. The SMILES string of the molecule is O=C(C=Cc1ccc(O)cc1)O[C@H](CO)C(=O)O. The average Bonchev–Trinajstić information content (AvgIpc) is 2.35. The molecule has 3 N–H and O–H groups in total. The van der Waals surface area contributed by atoms with Gasteiger partial charge in [-0.15, -0.1) is 0 Å². The molecule has 0 saturated heterocycles. The van der Waals surface area contributed by atoms with Crippen LogP contribution in [0.3, 0.4) is 0 Å². The Bertz CT molecular complexity index is 448. The topological polar surface area (TPSA) is 104 Å². The molecule has 1 rings (SSSR count). The lowest BCUT2D eigenvalue weighted by Crippen LogP contribution is -2.29. The Kier molecular flexibility index (Phi) is 4.89. The van der Waals surface area contributed by atoms with Crippen molar-refractivity contribution < 1.29 is 29.6 Å². The van der Waals surface area contributed by atoms with E-state index in [9.17, 15) is 9.59 Å². The van der Waals surface area contributed by atoms with Gasteiger partial charge in [-0.25, -0.2) is 9.59 Å². The summed E-state index contributed by atoms with van der Waals surface area (Å²) in [7, 11) is 0. The Morgan fingerprint density at radius 1 is 1.28 bits per heavy atom. The van der Waals surface area contributed by atoms with Crippen LogP contribution < -0.4 is 0 Å². The Balaban J connectivity index is 2.59. The van der Waals surface area contributed by atoms with E-state index in [-0.39, 0.29) is 5.75 Å². The maximum Gasteiger partial charge on any atom is 0.347 e. The molecule has 0 fully saturated rings. The van der Waals surface area contributed by atoms with Gasteiger partial charge in [0, 0.05) is 6.08 Å². The number of phenolic OH excluding ortho intramolecular Hbond substituents is 1. The molecule has 18 heavy (non-hydrogen) atoms. The second-order valence-electron chi connectivity index (χ2n) is 3.37. The minimum Gasteiger partial charge on any atom is -0.508 e. The van der Waals surface area contributed by atoms with Gasteiger partial charge in [-0.05, 0) is 23.8 Å². The maximum atomic E-state index is 11.2. The number of carboxylic acids is 1. The highest BCUT2D eigenvalue weighted by Gasteiger charge is 2.19. The number of esters is 1. The zero-order valence-corrected chi connectivity index (χ0v) is 9.31. The standard InChI is InChI=1S/C12H12O6/c13-7-10(12(16)17)18-11(15)6-3-8-1-4-9(14)5-2-8/h1-6,10,13-14H,7H2,(H,16,17)/t10-/m1/s1. The van der Waals surface area contributed by atoms with Crippen LogP contribution in [0.5, 0.6) is 5.75 Å². The fourth-order valence-corrected chi connectivity index (χ4v) is 1.09. The van der Waals surface area contributed by atoms with Crippen LogP contribution in [-0.4, -0.2) is 40.0 Å². The number of carbonyl (C=O) groups excluding carboxylic acids is 1. The number of hydrogen-bond donors (Lipinski definition) is 3. The molecular formula is C12H12O6. The fourth-order valence-electron chi connectivity index (χ4n) is 1.09. The van der Waals surface area contributed by atoms with Gasteiger partial charge >= 0.3 is 11.9 Å². The van der Waals surface area contributed by atoms with Crippen LogP contribution in [0.25, 0.3) is 6.08 Å². The van der Waals surface area contributed by atoms with Crippen molar-refractivity contribution in [1.82, 2.24) is 0 Å². The molecule has 1 aromatic carbocycles. The van der Waals surface area contributed by atoms with Crippen molar-refractivity contribution >= 4 is 18.0 Å². The van der Waals surface area contributed by atoms with Crippen molar-refractivity contribution in [2.75, 3.05) is 6.61 Å². The number of benzene rings is 1. The first-order chi connectivity index (χ1) is 8.52. The summed E-state index contributed by atoms with van der Waals surface area (Å²) in [5.74, 6) is -2.19. The molecule has 0 spiro atoms. The van der Waals surface area contributed by atoms with Gasteiger partial charge in [0.1, 0.15) is 5.75 Å². The van der Waals surface area contributed by atoms with Gasteiger partial charge in [-0.1, -0.05) is 12.1 Å². The van der Waals surface area contributed by atoms with E-state index in [1.165, 1.54) is 18.2 Å². The van der Waals surface area contributed by atoms with E-state index >= 15 is 0 Å². The zero-order valence-electron chi connectivity index (χ0n) is 9.31. The molecule has 6 heteroatoms. The first kappa shape index (κ1) is 13.7. The lowest BCUT2D eigenvalue weighted by molar-refractivity contribution is -0.163. The second-order valence-corrected chi connectivity index (χ2v) is 3.37. The summed E-state index contributed by atoms with van der Waals surface area (Å²) in [6.45, 7) is -0.784. The summed E-state index contributed by atoms with van der Waals surface area (Å²) >= 11 is 0. The van der Waals surface area contributed by atoms with Gasteiger partial charge in [0.05, 0.1) is 6.61 Å². The Labute approximate surface area is 103 Å². The summed E-state index contributed by atoms with van der Waals surface area (Å²) in [6, 6.07) is 6.03. The van der Waals surface area contributed by atoms with Crippen LogP contribution in [0, 0.1) is 0 Å². The van der Waals surface area contributed by atoms with Crippen molar-refractivity contribution in [3.8, 4) is 5.75 Å². The number of aliphatic carboxylic acids is 1. The number of carbonyl (C=O) groups is 2. The third-order valence-corrected chi connectivity index (χ3v) is 2.00. The number of aromatic hydroxyl groups is 1. The van der Waals surface area contributed by atoms with Crippen molar-refractivity contribution in [1.29, 1.82) is 0 Å². The first-order valence-corrected chi connectivity index (χ1v) is 5.04. The van der Waals surface area contributed by atoms with E-state index in [4.69, 9.17) is 15.3 Å². The van der Waals surface area contributed by atoms with Gasteiger partial charge in [0.25, 0.3) is 0 Å². The van der Waals surface area contributed by atoms with Crippen LogP contribution in [0.2, 0.25) is 0 Å². The molecule has 0 saturated carbocycles. The van der Waals surface area contributed by atoms with Gasteiger partial charge < -0.3 is 20.1 Å². The van der Waals surface area contributed by atoms with Crippen LogP contribution in [-0.2, 0) is 14.3 Å². The normalized spacial score (nSPS) is 12.3. The quantitative estimate of drug-likeness (QED) is 0.517. The van der Waals surface area contributed by atoms with Crippen LogP contribution >= 0.6 is 0 Å². The van der Waals surface area contributed by atoms with E-state index in [0.29, 0.717) is 5.56 Å². The number of aliphatic hydroxyl groups is 1. The van der Waals surface area contributed by atoms with E-state index in [2.05, 4.69) is 4.74 Å². The van der Waals surface area contributed by atoms with Crippen LogP contribution in [0.15, 0.2) is 30.3 Å². The van der Waals surface area contributed by atoms with Crippen LogP contribution in [0.1, 0.15) is 5.56 Å². The Morgan fingerprint density at radius 3 is 2.39 bits per heavy atom. The highest BCUT2D eigenvalue weighted by atomic mass is 16.6. The Morgan fingerprint density at radius 2 is 1.89 bits per heavy atom. The number of rotatable bonds is 5. The second kappa shape index (κ2) is 6.41. The average molecular weight is 252 g/mol. The molecule has 0 bridgehead atoms. The number of phenols is 1. The van der Waals surface area contributed by atoms with Crippen molar-refractivity contribution in [3.63, 3.8) is 0 Å². The number of carboxylic acid groups (broad SMARTS) is 1. The van der Waals surface area contributed by atoms with Crippen LogP contribution in [0.4, 0.5) is 0 Å². The predicted octanol–water partition coefficient (Wildman–Crippen LogP) is 0.394. The van der Waals surface area contributed by atoms with Gasteiger partial charge in [0.15, 0.2) is 0 Å². The summed E-state index contributed by atoms with van der Waals surface area (Å²) in [5.41, 5.74) is 0.639. The molecule has 0 radical (unpaired) electrons. The molecule has 1 atom stereocenters. The van der Waals surface area contributed by atoms with Crippen molar-refractivity contribution in [2.45, 2.75) is 6.10 Å². The Hall–Kier alpha value is -2.34. The largest absolute Gasteiger partial charge is 0.508 e. The zero-order chi connectivity index (χ0) is 13.5. The molecule has 96 valence electrons. The van der Waals surface area contributed by atoms with E-state index in [1.54, 1.807) is 12.1 Å². The molecule has 0 aliphatic carbocycles. The molecule has 0 heterocycles. The molecule has 0 aliphatic heterocycles. The summed E-state index contributed by atoms with van der Waals surface area (Å²) < 4.78 is 4.48. The van der Waals surface area contributed by atoms with Gasteiger partial charge in [-0.2, -0.15) is 0 Å². The van der Waals surface area contributed by atoms with E-state index in [1.807, 2.05) is 0 Å². The van der Waals surface area contributed by atoms with E-state index < -0.39 is 24.6 Å². The highest BCUT2D eigenvalue weighted by molar-refractivity contribution is 5.89. The monoisotopic (exact) mass is 252 g/mol. The minimum absolute atomic E-state index is 0.0981. The molecule has 0 aromatic heterocycles. The summed E-state index contributed by atoms with van der Waals surface area (Å²) in [5, 5.41) is 26.2. The van der Waals surface area contributed by atoms with Gasteiger partial charge in [-0.3, -0.25) is 0 Å². The van der Waals surface area contributed by atoms with E-state index in [0.717, 1.165) is 6.08 Å². The van der Waals surface area contributed by atoms with Gasteiger partial charge in [0.2, 0.25) is 6.10 Å². The lowest BCUT2D eigenvalue weighted by Gasteiger charge is -2.08. The lowest BCUT2D eigenvalue weighted by atomic mass is 10.2. The number of hydrogen-bond acceptors (Lipinski definition) is 5. The molecular weight excluding hydrogens is 240 g/mol. The molecule has 0 amide bonds. The fraction of sp³-hybridized carbons (Fsp3) is 0.167. The summed E-state index contributed by atoms with van der Waals surface area (Å²) in [4.78, 5) is 21.7. The molecule has 1 aromatic rings. The minimum atomic E-state index is -1.57. The van der Waals surface area contributed by atoms with Crippen molar-refractivity contribution in [2.24, 2.45) is 0 Å². The molecule has 0 unspecified atom stereocenters. The first-order valence-electron chi connectivity index (χ1n) is 5.04. The molecule has 0 aliphatic rings. The third kappa shape index (κ3) is 4.26. The maximum absolute atomic E-state index is 11.2. The number of ether oxygens (including phenoxy) is 1. The molecule has 6 nitrogen and oxygen atoms in total. The number of aliphatic hydroxyl groups excluding tert-OH is 1. The third-order valence-electron chi connectivity index (χ3n) is 2.00. The predicted molar refractivity (Wildman–Crippen MR) is 61.7 cm³/mol. The van der Waals surface area contributed by atoms with Crippen molar-refractivity contribution in [3.05, 3.63) is 35.9 Å².